The Hall–Kier alpha value is -0.640. The molecule has 2 rings (SSSR count). The normalized spacial score (nSPS) is 41.9. The highest BCUT2D eigenvalue weighted by Gasteiger charge is 2.66. The molecular weight excluding hydrogens is 208 g/mol. The fraction of sp³-hybridized carbons (Fsp3) is 0.818. The Morgan fingerprint density at radius 3 is 2.53 bits per heavy atom. The molecule has 0 amide bonds. The van der Waals surface area contributed by atoms with Crippen molar-refractivity contribution in [1.29, 1.82) is 0 Å². The Balaban J connectivity index is 2.34. The molecule has 0 radical (unpaired) electrons. The highest BCUT2D eigenvalue weighted by molar-refractivity contribution is 7.80. The second kappa shape index (κ2) is 2.94. The van der Waals surface area contributed by atoms with E-state index >= 15 is 0 Å². The van der Waals surface area contributed by atoms with Crippen molar-refractivity contribution in [2.45, 2.75) is 39.7 Å². The van der Waals surface area contributed by atoms with Crippen LogP contribution in [0.15, 0.2) is 0 Å². The summed E-state index contributed by atoms with van der Waals surface area (Å²) in [6.07, 6.45) is 2.09. The van der Waals surface area contributed by atoms with E-state index in [1.54, 1.807) is 0 Å². The molecular formula is C11H18N2OS. The Morgan fingerprint density at radius 1 is 1.53 bits per heavy atom. The van der Waals surface area contributed by atoms with Crippen LogP contribution in [0, 0.1) is 16.7 Å². The van der Waals surface area contributed by atoms with Gasteiger partial charge in [0.1, 0.15) is 0 Å². The molecule has 2 aliphatic rings. The van der Waals surface area contributed by atoms with Crippen molar-refractivity contribution in [3.8, 4) is 0 Å². The molecule has 3 atom stereocenters. The predicted octanol–water partition coefficient (Wildman–Crippen LogP) is 1.21. The summed E-state index contributed by atoms with van der Waals surface area (Å²) in [7, 11) is 0. The van der Waals surface area contributed by atoms with Crippen LogP contribution in [0.3, 0.4) is 0 Å². The second-order valence-corrected chi connectivity index (χ2v) is 5.99. The molecule has 2 aliphatic carbocycles. The van der Waals surface area contributed by atoms with Gasteiger partial charge in [0.05, 0.1) is 6.04 Å². The molecule has 0 aromatic rings. The van der Waals surface area contributed by atoms with Crippen molar-refractivity contribution in [1.82, 2.24) is 5.32 Å². The first kappa shape index (κ1) is 10.9. The summed E-state index contributed by atoms with van der Waals surface area (Å²) >= 11 is 4.83. The maximum atomic E-state index is 12.3. The van der Waals surface area contributed by atoms with Crippen LogP contribution in [-0.2, 0) is 4.79 Å². The minimum Gasteiger partial charge on any atom is -0.376 e. The van der Waals surface area contributed by atoms with Crippen molar-refractivity contribution < 1.29 is 4.79 Å². The predicted molar refractivity (Wildman–Crippen MR) is 63.3 cm³/mol. The summed E-state index contributed by atoms with van der Waals surface area (Å²) in [5.41, 5.74) is 5.33. The Labute approximate surface area is 95.8 Å². The van der Waals surface area contributed by atoms with Crippen LogP contribution < -0.4 is 11.1 Å². The van der Waals surface area contributed by atoms with Gasteiger partial charge in [0.25, 0.3) is 0 Å². The zero-order valence-electron chi connectivity index (χ0n) is 9.46. The van der Waals surface area contributed by atoms with Gasteiger partial charge >= 0.3 is 0 Å². The number of hydrogen-bond donors (Lipinski definition) is 2. The van der Waals surface area contributed by atoms with Crippen LogP contribution in [0.1, 0.15) is 33.6 Å². The smallest absolute Gasteiger partial charge is 0.164 e. The molecule has 84 valence electrons. The van der Waals surface area contributed by atoms with Crippen molar-refractivity contribution in [3.05, 3.63) is 0 Å². The Morgan fingerprint density at radius 2 is 2.13 bits per heavy atom. The average Bonchev–Trinajstić information content (AvgIpc) is 2.40. The number of thiocarbonyl (C=S) groups is 1. The summed E-state index contributed by atoms with van der Waals surface area (Å²) in [6.45, 7) is 6.45. The summed E-state index contributed by atoms with van der Waals surface area (Å²) < 4.78 is 0. The number of carbonyl (C=O) groups is 1. The van der Waals surface area contributed by atoms with E-state index in [4.69, 9.17) is 18.0 Å². The Bertz CT molecular complexity index is 339. The second-order valence-electron chi connectivity index (χ2n) is 5.55. The molecule has 15 heavy (non-hydrogen) atoms. The van der Waals surface area contributed by atoms with Gasteiger partial charge in [0, 0.05) is 5.41 Å². The molecule has 4 heteroatoms. The minimum atomic E-state index is -0.194. The van der Waals surface area contributed by atoms with Crippen molar-refractivity contribution in [3.63, 3.8) is 0 Å². The summed E-state index contributed by atoms with van der Waals surface area (Å²) in [5.74, 6) is 0.660. The molecule has 3 N–H and O–H groups in total. The van der Waals surface area contributed by atoms with E-state index in [0.717, 1.165) is 12.8 Å². The van der Waals surface area contributed by atoms with Gasteiger partial charge in [-0.05, 0) is 36.4 Å². The Kier molecular flexibility index (Phi) is 2.13. The standard InChI is InChI=1S/C11H18N2OS/c1-10(2)6-4-5-11(10,3)8(14)7(6)13-9(12)15/h6-7H,4-5H2,1-3H3,(H3,12,13,15)/t6-,7-,11+/m1/s1. The van der Waals surface area contributed by atoms with Crippen LogP contribution in [0.5, 0.6) is 0 Å². The van der Waals surface area contributed by atoms with Crippen LogP contribution in [0.2, 0.25) is 0 Å². The van der Waals surface area contributed by atoms with Gasteiger partial charge in [0.15, 0.2) is 10.9 Å². The van der Waals surface area contributed by atoms with Crippen LogP contribution in [0.25, 0.3) is 0 Å². The highest BCUT2D eigenvalue weighted by atomic mass is 32.1. The van der Waals surface area contributed by atoms with Gasteiger partial charge in [-0.2, -0.15) is 0 Å². The number of hydrogen-bond acceptors (Lipinski definition) is 2. The third-order valence-electron chi connectivity index (χ3n) is 4.83. The molecule has 0 saturated heterocycles. The van der Waals surface area contributed by atoms with Crippen molar-refractivity contribution >= 4 is 23.1 Å². The van der Waals surface area contributed by atoms with Crippen LogP contribution >= 0.6 is 12.2 Å². The van der Waals surface area contributed by atoms with Gasteiger partial charge in [-0.25, -0.2) is 0 Å². The maximum absolute atomic E-state index is 12.3. The lowest BCUT2D eigenvalue weighted by Crippen LogP contribution is -2.48. The molecule has 2 bridgehead atoms. The monoisotopic (exact) mass is 226 g/mol. The maximum Gasteiger partial charge on any atom is 0.164 e. The van der Waals surface area contributed by atoms with E-state index in [1.165, 1.54) is 0 Å². The van der Waals surface area contributed by atoms with Gasteiger partial charge in [-0.3, -0.25) is 4.79 Å². The lowest BCUT2D eigenvalue weighted by atomic mass is 9.70. The first-order valence-electron chi connectivity index (χ1n) is 5.41. The van der Waals surface area contributed by atoms with Crippen molar-refractivity contribution in [2.75, 3.05) is 0 Å². The number of ketones is 1. The van der Waals surface area contributed by atoms with E-state index in [2.05, 4.69) is 26.1 Å². The van der Waals surface area contributed by atoms with E-state index in [-0.39, 0.29) is 27.8 Å². The first-order valence-corrected chi connectivity index (χ1v) is 5.82. The zero-order chi connectivity index (χ0) is 11.4. The molecule has 0 spiro atoms. The number of nitrogens with one attached hydrogen (secondary N) is 1. The van der Waals surface area contributed by atoms with E-state index in [1.807, 2.05) is 0 Å². The van der Waals surface area contributed by atoms with E-state index < -0.39 is 0 Å². The highest BCUT2D eigenvalue weighted by Crippen LogP contribution is 2.63. The SMILES string of the molecule is CC1(C)[C@@H]2CC[C@@]1(C)C(=O)[C@@H]2NC(N)=S. The number of rotatable bonds is 1. The van der Waals surface area contributed by atoms with Crippen LogP contribution in [-0.4, -0.2) is 16.9 Å². The number of fused-ring (bicyclic) bond motifs is 2. The van der Waals surface area contributed by atoms with Gasteiger partial charge < -0.3 is 11.1 Å². The first-order chi connectivity index (χ1) is 6.80. The largest absolute Gasteiger partial charge is 0.376 e. The molecule has 0 heterocycles. The summed E-state index contributed by atoms with van der Waals surface area (Å²) in [6, 6.07) is -0.156. The lowest BCUT2D eigenvalue weighted by Gasteiger charge is -2.32. The van der Waals surface area contributed by atoms with Gasteiger partial charge in [0.2, 0.25) is 0 Å². The van der Waals surface area contributed by atoms with Crippen molar-refractivity contribution in [2.24, 2.45) is 22.5 Å². The molecule has 2 fully saturated rings. The number of nitrogens with two attached hydrogens (primary N) is 1. The van der Waals surface area contributed by atoms with E-state index in [9.17, 15) is 4.79 Å². The van der Waals surface area contributed by atoms with Crippen LogP contribution in [0.4, 0.5) is 0 Å². The third kappa shape index (κ3) is 1.17. The third-order valence-corrected chi connectivity index (χ3v) is 4.95. The fourth-order valence-corrected chi connectivity index (χ4v) is 3.53. The summed E-state index contributed by atoms with van der Waals surface area (Å²) in [5, 5.41) is 3.20. The number of carbonyl (C=O) groups excluding carboxylic acids is 1. The zero-order valence-corrected chi connectivity index (χ0v) is 10.3. The van der Waals surface area contributed by atoms with Gasteiger partial charge in [-0.15, -0.1) is 0 Å². The number of Topliss-reactive ketones (excluding diaryl/α,β-unsaturated/α-hetero) is 1. The quantitative estimate of drug-likeness (QED) is 0.660. The minimum absolute atomic E-state index is 0.0620. The molecule has 0 unspecified atom stereocenters. The fourth-order valence-electron chi connectivity index (χ4n) is 3.41. The summed E-state index contributed by atoms with van der Waals surface area (Å²) in [4.78, 5) is 12.3. The van der Waals surface area contributed by atoms with Gasteiger partial charge in [-0.1, -0.05) is 20.8 Å². The molecule has 0 aliphatic heterocycles. The molecule has 2 saturated carbocycles. The molecule has 0 aromatic heterocycles. The molecule has 3 nitrogen and oxygen atoms in total. The lowest BCUT2D eigenvalue weighted by molar-refractivity contribution is -0.129. The average molecular weight is 226 g/mol. The molecule has 0 aromatic carbocycles. The van der Waals surface area contributed by atoms with E-state index in [0.29, 0.717) is 5.92 Å². The topological polar surface area (TPSA) is 55.1 Å².